The van der Waals surface area contributed by atoms with Gasteiger partial charge in [-0.2, -0.15) is 0 Å². The van der Waals surface area contributed by atoms with Crippen molar-refractivity contribution < 1.29 is 14.3 Å². The van der Waals surface area contributed by atoms with Gasteiger partial charge in [0, 0.05) is 0 Å². The van der Waals surface area contributed by atoms with E-state index in [1.54, 1.807) is 0 Å². The van der Waals surface area contributed by atoms with E-state index in [-0.39, 0.29) is 5.92 Å². The highest BCUT2D eigenvalue weighted by atomic mass is 32.2. The number of nitrogens with one attached hydrogen (secondary N) is 2. The molecular weight excluding hydrogens is 374 g/mol. The first-order chi connectivity index (χ1) is 12.4. The molecule has 2 rings (SSSR count). The van der Waals surface area contributed by atoms with Gasteiger partial charge in [0.25, 0.3) is 0 Å². The van der Waals surface area contributed by atoms with Gasteiger partial charge >= 0.3 is 6.03 Å². The number of carbonyl (C=O) groups excluding carboxylic acids is 2. The molecule has 0 fully saturated rings. The smallest absolute Gasteiger partial charge is 0.318 e. The number of benzene rings is 1. The summed E-state index contributed by atoms with van der Waals surface area (Å²) in [6.07, 6.45) is 0. The summed E-state index contributed by atoms with van der Waals surface area (Å²) in [5.41, 5.74) is 5.81. The highest BCUT2D eigenvalue weighted by Gasteiger charge is 2.26. The van der Waals surface area contributed by atoms with E-state index >= 15 is 0 Å². The third-order valence-electron chi connectivity index (χ3n) is 3.17. The summed E-state index contributed by atoms with van der Waals surface area (Å²) >= 11 is 2.56. The molecule has 0 saturated heterocycles. The minimum Gasteiger partial charge on any atom is -0.492 e. The van der Waals surface area contributed by atoms with Crippen molar-refractivity contribution in [1.29, 1.82) is 0 Å². The Morgan fingerprint density at radius 2 is 2.04 bits per heavy atom. The van der Waals surface area contributed by atoms with Crippen molar-refractivity contribution in [1.82, 2.24) is 15.5 Å². The molecule has 0 unspecified atom stereocenters. The zero-order valence-corrected chi connectivity index (χ0v) is 16.3. The number of imide groups is 1. The molecule has 2 aromatic rings. The van der Waals surface area contributed by atoms with Crippen LogP contribution in [-0.2, 0) is 4.79 Å². The van der Waals surface area contributed by atoms with Gasteiger partial charge in [0.15, 0.2) is 4.34 Å². The summed E-state index contributed by atoms with van der Waals surface area (Å²) in [6.45, 7) is 6.24. The number of nitrogens with two attached hydrogens (primary N) is 1. The normalized spacial score (nSPS) is 11.8. The predicted molar refractivity (Wildman–Crippen MR) is 103 cm³/mol. The van der Waals surface area contributed by atoms with Crippen LogP contribution in [0.5, 0.6) is 5.75 Å². The van der Waals surface area contributed by atoms with Crippen molar-refractivity contribution in [3.8, 4) is 5.75 Å². The van der Waals surface area contributed by atoms with Crippen molar-refractivity contribution >= 4 is 45.9 Å². The Hall–Kier alpha value is -2.33. The van der Waals surface area contributed by atoms with Crippen molar-refractivity contribution in [3.63, 3.8) is 0 Å². The third kappa shape index (κ3) is 5.60. The SMILES string of the molecule is CCOc1ccccc1Nc1nnc(S[C@@H](C(=O)NC(N)=O)C(C)C)s1. The minimum atomic E-state index is -0.867. The molecule has 0 saturated carbocycles. The van der Waals surface area contributed by atoms with E-state index in [4.69, 9.17) is 10.5 Å². The van der Waals surface area contributed by atoms with E-state index < -0.39 is 17.2 Å². The molecule has 0 aliphatic rings. The summed E-state index contributed by atoms with van der Waals surface area (Å²) < 4.78 is 6.18. The number of urea groups is 1. The van der Waals surface area contributed by atoms with Gasteiger partial charge in [-0.05, 0) is 25.0 Å². The van der Waals surface area contributed by atoms with Gasteiger partial charge in [0.2, 0.25) is 11.0 Å². The van der Waals surface area contributed by atoms with Gasteiger partial charge in [0.1, 0.15) is 5.75 Å². The topological polar surface area (TPSA) is 119 Å². The quantitative estimate of drug-likeness (QED) is 0.588. The number of ether oxygens (including phenoxy) is 1. The van der Waals surface area contributed by atoms with Crippen LogP contribution in [0.4, 0.5) is 15.6 Å². The summed E-state index contributed by atoms with van der Waals surface area (Å²) in [7, 11) is 0. The number of nitrogens with zero attached hydrogens (tertiary/aromatic N) is 2. The summed E-state index contributed by atoms with van der Waals surface area (Å²) in [5, 5.41) is 13.6. The van der Waals surface area contributed by atoms with Crippen molar-refractivity contribution in [3.05, 3.63) is 24.3 Å². The second-order valence-electron chi connectivity index (χ2n) is 5.56. The molecule has 8 nitrogen and oxygen atoms in total. The fourth-order valence-corrected chi connectivity index (χ4v) is 4.04. The van der Waals surface area contributed by atoms with E-state index in [1.807, 2.05) is 45.0 Å². The maximum atomic E-state index is 12.1. The van der Waals surface area contributed by atoms with Gasteiger partial charge in [-0.25, -0.2) is 4.79 Å². The van der Waals surface area contributed by atoms with Gasteiger partial charge in [-0.15, -0.1) is 10.2 Å². The zero-order chi connectivity index (χ0) is 19.1. The third-order valence-corrected chi connectivity index (χ3v) is 5.64. The fourth-order valence-electron chi connectivity index (χ4n) is 2.07. The number of anilines is 2. The predicted octanol–water partition coefficient (Wildman–Crippen LogP) is 2.99. The highest BCUT2D eigenvalue weighted by Crippen LogP contribution is 2.35. The molecule has 140 valence electrons. The van der Waals surface area contributed by atoms with E-state index in [0.29, 0.717) is 16.1 Å². The molecule has 4 N–H and O–H groups in total. The molecule has 0 aliphatic carbocycles. The molecule has 3 amide bonds. The number of rotatable bonds is 8. The lowest BCUT2D eigenvalue weighted by Gasteiger charge is -2.16. The molecule has 1 aromatic heterocycles. The molecule has 0 aliphatic heterocycles. The summed E-state index contributed by atoms with van der Waals surface area (Å²) in [5.74, 6) is 0.266. The maximum absolute atomic E-state index is 12.1. The van der Waals surface area contributed by atoms with Crippen LogP contribution in [0, 0.1) is 5.92 Å². The zero-order valence-electron chi connectivity index (χ0n) is 14.7. The molecule has 1 aromatic carbocycles. The van der Waals surface area contributed by atoms with Crippen LogP contribution in [0.25, 0.3) is 0 Å². The molecule has 26 heavy (non-hydrogen) atoms. The number of thioether (sulfide) groups is 1. The molecule has 0 spiro atoms. The lowest BCUT2D eigenvalue weighted by Crippen LogP contribution is -2.42. The molecule has 0 radical (unpaired) electrons. The molecular formula is C16H21N5O3S2. The Balaban J connectivity index is 2.09. The lowest BCUT2D eigenvalue weighted by atomic mass is 10.1. The molecule has 1 heterocycles. The Morgan fingerprint density at radius 3 is 2.69 bits per heavy atom. The lowest BCUT2D eigenvalue weighted by molar-refractivity contribution is -0.120. The van der Waals surface area contributed by atoms with Crippen LogP contribution < -0.4 is 21.1 Å². The van der Waals surface area contributed by atoms with Crippen LogP contribution in [0.1, 0.15) is 20.8 Å². The van der Waals surface area contributed by atoms with Crippen LogP contribution >= 0.6 is 23.1 Å². The van der Waals surface area contributed by atoms with Crippen molar-refractivity contribution in [2.24, 2.45) is 11.7 Å². The summed E-state index contributed by atoms with van der Waals surface area (Å²) in [6, 6.07) is 6.67. The van der Waals surface area contributed by atoms with E-state index in [9.17, 15) is 9.59 Å². The standard InChI is InChI=1S/C16H21N5O3S2/c1-4-24-11-8-6-5-7-10(11)18-15-20-21-16(26-15)25-12(9(2)3)13(22)19-14(17)23/h5-9,12H,4H2,1-3H3,(H,18,20)(H3,17,19,22,23)/t12-/m1/s1. The largest absolute Gasteiger partial charge is 0.492 e. The fraction of sp³-hybridized carbons (Fsp3) is 0.375. The van der Waals surface area contributed by atoms with Crippen LogP contribution in [-0.4, -0.2) is 34.0 Å². The van der Waals surface area contributed by atoms with Crippen LogP contribution in [0.15, 0.2) is 28.6 Å². The van der Waals surface area contributed by atoms with Crippen molar-refractivity contribution in [2.45, 2.75) is 30.4 Å². The Morgan fingerprint density at radius 1 is 1.31 bits per heavy atom. The van der Waals surface area contributed by atoms with E-state index in [2.05, 4.69) is 20.8 Å². The first-order valence-electron chi connectivity index (χ1n) is 8.00. The number of para-hydroxylation sites is 2. The van der Waals surface area contributed by atoms with Gasteiger partial charge in [0.05, 0.1) is 17.5 Å². The van der Waals surface area contributed by atoms with E-state index in [0.717, 1.165) is 11.4 Å². The molecule has 0 bridgehead atoms. The first-order valence-corrected chi connectivity index (χ1v) is 9.69. The monoisotopic (exact) mass is 395 g/mol. The van der Waals surface area contributed by atoms with Crippen LogP contribution in [0.3, 0.4) is 0 Å². The number of hydrogen-bond donors (Lipinski definition) is 3. The Bertz CT molecular complexity index is 766. The van der Waals surface area contributed by atoms with Gasteiger partial charge in [-0.3, -0.25) is 10.1 Å². The van der Waals surface area contributed by atoms with Crippen molar-refractivity contribution in [2.75, 3.05) is 11.9 Å². The number of amides is 3. The number of aromatic nitrogens is 2. The molecule has 10 heteroatoms. The Labute approximate surface area is 159 Å². The maximum Gasteiger partial charge on any atom is 0.318 e. The second-order valence-corrected chi connectivity index (χ2v) is 7.93. The first kappa shape index (κ1) is 20.0. The average Bonchev–Trinajstić information content (AvgIpc) is 3.01. The number of hydrogen-bond acceptors (Lipinski definition) is 8. The van der Waals surface area contributed by atoms with Gasteiger partial charge < -0.3 is 15.8 Å². The highest BCUT2D eigenvalue weighted by molar-refractivity contribution is 8.02. The van der Waals surface area contributed by atoms with Gasteiger partial charge in [-0.1, -0.05) is 49.1 Å². The second kappa shape index (κ2) is 9.39. The number of carbonyl (C=O) groups is 2. The summed E-state index contributed by atoms with van der Waals surface area (Å²) in [4.78, 5) is 23.0. The number of primary amides is 1. The minimum absolute atomic E-state index is 0.0154. The van der Waals surface area contributed by atoms with E-state index in [1.165, 1.54) is 23.1 Å². The molecule has 1 atom stereocenters. The Kier molecular flexibility index (Phi) is 7.22. The average molecular weight is 396 g/mol. The van der Waals surface area contributed by atoms with Crippen LogP contribution in [0.2, 0.25) is 0 Å².